The maximum atomic E-state index is 12.2. The number of benzene rings is 2. The van der Waals surface area contributed by atoms with Crippen LogP contribution in [0.5, 0.6) is 17.2 Å². The molecule has 0 unspecified atom stereocenters. The Labute approximate surface area is 160 Å². The zero-order valence-electron chi connectivity index (χ0n) is 15.4. The highest BCUT2D eigenvalue weighted by Gasteiger charge is 2.20. The minimum absolute atomic E-state index is 0.0902. The molecular weight excluding hydrogens is 376 g/mol. The summed E-state index contributed by atoms with van der Waals surface area (Å²) in [5.41, 5.74) is 0.520. The molecule has 0 saturated carbocycles. The number of alkyl halides is 2. The van der Waals surface area contributed by atoms with Gasteiger partial charge < -0.3 is 24.3 Å². The third-order valence-electron chi connectivity index (χ3n) is 3.62. The molecule has 0 fully saturated rings. The third kappa shape index (κ3) is 5.57. The lowest BCUT2D eigenvalue weighted by Crippen LogP contribution is -2.30. The van der Waals surface area contributed by atoms with Gasteiger partial charge in [-0.25, -0.2) is 4.79 Å². The van der Waals surface area contributed by atoms with E-state index in [1.54, 1.807) is 18.2 Å². The first-order chi connectivity index (χ1) is 13.3. The van der Waals surface area contributed by atoms with E-state index >= 15 is 0 Å². The SMILES string of the molecule is COc1ccc(NC(=O)[C@@H](C)OC(=O)c2ccc(OC(F)F)cc2)cc1OC. The van der Waals surface area contributed by atoms with Crippen molar-refractivity contribution in [3.05, 3.63) is 48.0 Å². The molecule has 0 aliphatic carbocycles. The Morgan fingerprint density at radius 1 is 0.964 bits per heavy atom. The molecule has 150 valence electrons. The standard InChI is InChI=1S/C19H19F2NO6/c1-11(17(23)22-13-6-9-15(25-2)16(10-13)26-3)27-18(24)12-4-7-14(8-5-12)28-19(20)21/h4-11,19H,1-3H3,(H,22,23)/t11-/m1/s1. The molecule has 1 N–H and O–H groups in total. The summed E-state index contributed by atoms with van der Waals surface area (Å²) in [5.74, 6) is -0.502. The largest absolute Gasteiger partial charge is 0.493 e. The van der Waals surface area contributed by atoms with Gasteiger partial charge in [0.15, 0.2) is 17.6 Å². The van der Waals surface area contributed by atoms with Crippen LogP contribution in [0.15, 0.2) is 42.5 Å². The smallest absolute Gasteiger partial charge is 0.387 e. The molecular formula is C19H19F2NO6. The number of hydrogen-bond acceptors (Lipinski definition) is 6. The minimum atomic E-state index is -2.96. The maximum absolute atomic E-state index is 12.2. The highest BCUT2D eigenvalue weighted by Crippen LogP contribution is 2.29. The van der Waals surface area contributed by atoms with Crippen LogP contribution in [-0.4, -0.2) is 38.8 Å². The van der Waals surface area contributed by atoms with Crippen molar-refractivity contribution in [1.82, 2.24) is 0 Å². The predicted octanol–water partition coefficient (Wildman–Crippen LogP) is 3.49. The molecule has 2 aromatic rings. The van der Waals surface area contributed by atoms with Crippen molar-refractivity contribution in [2.75, 3.05) is 19.5 Å². The van der Waals surface area contributed by atoms with Gasteiger partial charge in [0.25, 0.3) is 5.91 Å². The van der Waals surface area contributed by atoms with Gasteiger partial charge >= 0.3 is 12.6 Å². The van der Waals surface area contributed by atoms with Crippen LogP contribution >= 0.6 is 0 Å². The van der Waals surface area contributed by atoms with Crippen molar-refractivity contribution in [3.8, 4) is 17.2 Å². The number of nitrogens with one attached hydrogen (secondary N) is 1. The second kappa shape index (κ2) is 9.54. The van der Waals surface area contributed by atoms with E-state index in [1.807, 2.05) is 0 Å². The average molecular weight is 395 g/mol. The molecule has 9 heteroatoms. The molecule has 0 radical (unpaired) electrons. The first-order valence-electron chi connectivity index (χ1n) is 8.12. The molecule has 0 saturated heterocycles. The van der Waals surface area contributed by atoms with Crippen LogP contribution in [0.2, 0.25) is 0 Å². The van der Waals surface area contributed by atoms with Crippen LogP contribution < -0.4 is 19.5 Å². The van der Waals surface area contributed by atoms with E-state index in [4.69, 9.17) is 14.2 Å². The Morgan fingerprint density at radius 3 is 2.18 bits per heavy atom. The number of carbonyl (C=O) groups excluding carboxylic acids is 2. The van der Waals surface area contributed by atoms with Crippen molar-refractivity contribution in [1.29, 1.82) is 0 Å². The van der Waals surface area contributed by atoms with Gasteiger partial charge in [-0.3, -0.25) is 4.79 Å². The molecule has 1 amide bonds. The summed E-state index contributed by atoms with van der Waals surface area (Å²) in [5, 5.41) is 2.60. The molecule has 0 aliphatic rings. The quantitative estimate of drug-likeness (QED) is 0.689. The summed E-state index contributed by atoms with van der Waals surface area (Å²) in [7, 11) is 2.95. The molecule has 0 heterocycles. The van der Waals surface area contributed by atoms with Crippen molar-refractivity contribution in [2.24, 2.45) is 0 Å². The Balaban J connectivity index is 1.97. The Bertz CT molecular complexity index is 826. The number of ether oxygens (including phenoxy) is 4. The topological polar surface area (TPSA) is 83.1 Å². The van der Waals surface area contributed by atoms with Gasteiger partial charge in [0, 0.05) is 11.8 Å². The first-order valence-corrected chi connectivity index (χ1v) is 8.12. The number of methoxy groups -OCH3 is 2. The van der Waals surface area contributed by atoms with Crippen LogP contribution in [0.1, 0.15) is 17.3 Å². The predicted molar refractivity (Wildman–Crippen MR) is 96.1 cm³/mol. The fourth-order valence-electron chi connectivity index (χ4n) is 2.21. The fourth-order valence-corrected chi connectivity index (χ4v) is 2.21. The summed E-state index contributed by atoms with van der Waals surface area (Å²) in [6.45, 7) is -1.56. The van der Waals surface area contributed by atoms with Crippen molar-refractivity contribution < 1.29 is 37.3 Å². The van der Waals surface area contributed by atoms with E-state index in [-0.39, 0.29) is 11.3 Å². The lowest BCUT2D eigenvalue weighted by molar-refractivity contribution is -0.123. The molecule has 0 aromatic heterocycles. The van der Waals surface area contributed by atoms with Gasteiger partial charge in [-0.15, -0.1) is 0 Å². The molecule has 0 bridgehead atoms. The average Bonchev–Trinajstić information content (AvgIpc) is 2.67. The molecule has 2 rings (SSSR count). The monoisotopic (exact) mass is 395 g/mol. The summed E-state index contributed by atoms with van der Waals surface area (Å²) >= 11 is 0. The van der Waals surface area contributed by atoms with Gasteiger partial charge in [0.05, 0.1) is 19.8 Å². The van der Waals surface area contributed by atoms with E-state index in [0.29, 0.717) is 17.2 Å². The molecule has 1 atom stereocenters. The number of esters is 1. The number of rotatable bonds is 8. The summed E-state index contributed by atoms with van der Waals surface area (Å²) < 4.78 is 43.8. The second-order valence-corrected chi connectivity index (χ2v) is 5.51. The van der Waals surface area contributed by atoms with Gasteiger partial charge in [0.2, 0.25) is 0 Å². The van der Waals surface area contributed by atoms with Crippen molar-refractivity contribution in [2.45, 2.75) is 19.6 Å². The Morgan fingerprint density at radius 2 is 1.61 bits per heavy atom. The normalized spacial score (nSPS) is 11.5. The number of hydrogen-bond donors (Lipinski definition) is 1. The van der Waals surface area contributed by atoms with Gasteiger partial charge in [-0.2, -0.15) is 8.78 Å². The van der Waals surface area contributed by atoms with Crippen LogP contribution in [0.3, 0.4) is 0 Å². The van der Waals surface area contributed by atoms with Gasteiger partial charge in [0.1, 0.15) is 5.75 Å². The van der Waals surface area contributed by atoms with Crippen molar-refractivity contribution >= 4 is 17.6 Å². The summed E-state index contributed by atoms with van der Waals surface area (Å²) in [6.07, 6.45) is -1.10. The van der Waals surface area contributed by atoms with Crippen LogP contribution in [0.4, 0.5) is 14.5 Å². The van der Waals surface area contributed by atoms with E-state index in [1.165, 1.54) is 45.4 Å². The van der Waals surface area contributed by atoms with E-state index in [0.717, 1.165) is 0 Å². The number of amides is 1. The summed E-state index contributed by atoms with van der Waals surface area (Å²) in [4.78, 5) is 24.3. The molecule has 28 heavy (non-hydrogen) atoms. The molecule has 0 aliphatic heterocycles. The molecule has 7 nitrogen and oxygen atoms in total. The Kier molecular flexibility index (Phi) is 7.14. The lowest BCUT2D eigenvalue weighted by atomic mass is 10.2. The number of halogens is 2. The minimum Gasteiger partial charge on any atom is -0.493 e. The van der Waals surface area contributed by atoms with Crippen molar-refractivity contribution in [3.63, 3.8) is 0 Å². The zero-order chi connectivity index (χ0) is 20.7. The Hall–Kier alpha value is -3.36. The lowest BCUT2D eigenvalue weighted by Gasteiger charge is -2.15. The maximum Gasteiger partial charge on any atom is 0.387 e. The van der Waals surface area contributed by atoms with Crippen LogP contribution in [0.25, 0.3) is 0 Å². The third-order valence-corrected chi connectivity index (χ3v) is 3.62. The van der Waals surface area contributed by atoms with Gasteiger partial charge in [-0.1, -0.05) is 0 Å². The fraction of sp³-hybridized carbons (Fsp3) is 0.263. The first kappa shape index (κ1) is 20.9. The number of anilines is 1. The van der Waals surface area contributed by atoms with E-state index in [2.05, 4.69) is 10.1 Å². The highest BCUT2D eigenvalue weighted by molar-refractivity contribution is 5.97. The summed E-state index contributed by atoms with van der Waals surface area (Å²) in [6, 6.07) is 9.73. The van der Waals surface area contributed by atoms with Crippen LogP contribution in [-0.2, 0) is 9.53 Å². The van der Waals surface area contributed by atoms with E-state index in [9.17, 15) is 18.4 Å². The highest BCUT2D eigenvalue weighted by atomic mass is 19.3. The van der Waals surface area contributed by atoms with E-state index < -0.39 is 24.6 Å². The van der Waals surface area contributed by atoms with Gasteiger partial charge in [-0.05, 0) is 43.3 Å². The second-order valence-electron chi connectivity index (χ2n) is 5.51. The molecule has 2 aromatic carbocycles. The molecule has 0 spiro atoms. The number of carbonyl (C=O) groups is 2. The zero-order valence-corrected chi connectivity index (χ0v) is 15.4. The van der Waals surface area contributed by atoms with Crippen LogP contribution in [0, 0.1) is 0 Å².